The van der Waals surface area contributed by atoms with Crippen LogP contribution in [0.2, 0.25) is 0 Å². The Labute approximate surface area is 196 Å². The number of benzene rings is 1. The highest BCUT2D eigenvalue weighted by Gasteiger charge is 2.21. The van der Waals surface area contributed by atoms with Crippen LogP contribution in [0, 0.1) is 0 Å². The van der Waals surface area contributed by atoms with Crippen LogP contribution in [-0.4, -0.2) is 32.4 Å². The van der Waals surface area contributed by atoms with Crippen LogP contribution in [0.3, 0.4) is 0 Å². The Morgan fingerprint density at radius 1 is 1.15 bits per heavy atom. The van der Waals surface area contributed by atoms with Crippen molar-refractivity contribution in [2.45, 2.75) is 84.6 Å². The first-order chi connectivity index (χ1) is 15.8. The maximum absolute atomic E-state index is 12.2. The summed E-state index contributed by atoms with van der Waals surface area (Å²) in [5.74, 6) is 1.53. The van der Waals surface area contributed by atoms with Gasteiger partial charge >= 0.3 is 0 Å². The number of aromatic amines is 1. The molecule has 8 heteroatoms. The maximum atomic E-state index is 12.2. The minimum Gasteiger partial charge on any atom is -0.478 e. The molecule has 1 atom stereocenters. The van der Waals surface area contributed by atoms with Crippen LogP contribution >= 0.6 is 0 Å². The highest BCUT2D eigenvalue weighted by atomic mass is 16.5. The van der Waals surface area contributed by atoms with Crippen LogP contribution in [0.4, 0.5) is 5.69 Å². The number of anilines is 1. The smallest absolute Gasteiger partial charge is 0.224 e. The average molecular weight is 455 g/mol. The van der Waals surface area contributed by atoms with Gasteiger partial charge in [-0.2, -0.15) is 0 Å². The number of H-pyrrole nitrogens is 1. The molecule has 3 rings (SSSR count). The Morgan fingerprint density at radius 2 is 1.94 bits per heavy atom. The van der Waals surface area contributed by atoms with Gasteiger partial charge in [0, 0.05) is 35.3 Å². The monoisotopic (exact) mass is 454 g/mol. The first-order valence-electron chi connectivity index (χ1n) is 12.0. The van der Waals surface area contributed by atoms with E-state index in [4.69, 9.17) is 4.74 Å². The van der Waals surface area contributed by atoms with Crippen molar-refractivity contribution < 1.29 is 9.53 Å². The molecule has 1 aromatic carbocycles. The number of unbranched alkanes of at least 4 members (excludes halogenated alkanes) is 4. The topological polar surface area (TPSA) is 96.3 Å². The molecule has 8 nitrogen and oxygen atoms in total. The van der Waals surface area contributed by atoms with Gasteiger partial charge in [0.15, 0.2) is 11.5 Å². The van der Waals surface area contributed by atoms with E-state index in [2.05, 4.69) is 53.6 Å². The third-order valence-corrected chi connectivity index (χ3v) is 5.67. The van der Waals surface area contributed by atoms with Gasteiger partial charge in [0.25, 0.3) is 0 Å². The summed E-state index contributed by atoms with van der Waals surface area (Å²) in [6.45, 7) is 11.0. The highest BCUT2D eigenvalue weighted by molar-refractivity contribution is 5.90. The van der Waals surface area contributed by atoms with E-state index in [1.807, 2.05) is 41.8 Å². The third kappa shape index (κ3) is 7.05. The molecule has 0 aliphatic heterocycles. The van der Waals surface area contributed by atoms with E-state index in [0.29, 0.717) is 18.9 Å². The molecule has 0 bridgehead atoms. The van der Waals surface area contributed by atoms with Gasteiger partial charge in [-0.15, -0.1) is 10.2 Å². The number of aromatic nitrogens is 4. The van der Waals surface area contributed by atoms with Gasteiger partial charge in [-0.3, -0.25) is 15.2 Å². The standard InChI is InChI=1S/C25H38N6O2/c1-6-7-8-9-10-14-23(32)27-19-12-11-13-20(15-19)33-17-26-18(2)24-29-28-22-16-21(25(3,4)5)30-31(22)24/h11-13,15-16,18,26,30H,6-10,14,17H2,1-5H3,(H,27,32). The number of amides is 1. The van der Waals surface area contributed by atoms with Gasteiger partial charge in [0.2, 0.25) is 5.91 Å². The molecular weight excluding hydrogens is 416 g/mol. The minimum atomic E-state index is -0.0675. The number of hydrogen-bond donors (Lipinski definition) is 3. The van der Waals surface area contributed by atoms with E-state index >= 15 is 0 Å². The fourth-order valence-corrected chi connectivity index (χ4v) is 3.58. The molecule has 3 N–H and O–H groups in total. The summed E-state index contributed by atoms with van der Waals surface area (Å²) in [6, 6.07) is 9.44. The van der Waals surface area contributed by atoms with Crippen molar-refractivity contribution in [1.82, 2.24) is 25.1 Å². The lowest BCUT2D eigenvalue weighted by atomic mass is 9.93. The second-order valence-corrected chi connectivity index (χ2v) is 9.63. The van der Waals surface area contributed by atoms with Crippen LogP contribution in [0.5, 0.6) is 5.75 Å². The molecule has 0 fully saturated rings. The van der Waals surface area contributed by atoms with Crippen molar-refractivity contribution >= 4 is 17.2 Å². The number of carbonyl (C=O) groups excluding carboxylic acids is 1. The predicted octanol–water partition coefficient (Wildman–Crippen LogP) is 5.34. The number of fused-ring (bicyclic) bond motifs is 1. The van der Waals surface area contributed by atoms with Gasteiger partial charge < -0.3 is 10.1 Å². The third-order valence-electron chi connectivity index (χ3n) is 5.67. The van der Waals surface area contributed by atoms with E-state index in [1.165, 1.54) is 19.3 Å². The summed E-state index contributed by atoms with van der Waals surface area (Å²) in [7, 11) is 0. The van der Waals surface area contributed by atoms with Crippen molar-refractivity contribution in [2.75, 3.05) is 12.0 Å². The highest BCUT2D eigenvalue weighted by Crippen LogP contribution is 2.23. The largest absolute Gasteiger partial charge is 0.478 e. The molecule has 1 amide bonds. The van der Waals surface area contributed by atoms with Crippen molar-refractivity contribution in [3.8, 4) is 5.75 Å². The number of rotatable bonds is 12. The first kappa shape index (κ1) is 24.8. The minimum absolute atomic E-state index is 0.00718. The zero-order chi connectivity index (χ0) is 23.8. The van der Waals surface area contributed by atoms with Gasteiger partial charge in [-0.25, -0.2) is 4.52 Å². The maximum Gasteiger partial charge on any atom is 0.224 e. The molecule has 2 aromatic heterocycles. The summed E-state index contributed by atoms with van der Waals surface area (Å²) in [5, 5.41) is 18.3. The molecule has 0 saturated heterocycles. The van der Waals surface area contributed by atoms with Gasteiger partial charge in [0.05, 0.1) is 6.04 Å². The Kier molecular flexibility index (Phi) is 8.49. The quantitative estimate of drug-likeness (QED) is 0.253. The van der Waals surface area contributed by atoms with Crippen LogP contribution in [0.1, 0.15) is 90.7 Å². The summed E-state index contributed by atoms with van der Waals surface area (Å²) < 4.78 is 7.78. The van der Waals surface area contributed by atoms with Crippen LogP contribution in [0.15, 0.2) is 30.3 Å². The Hall–Kier alpha value is -2.87. The molecule has 3 aromatic rings. The lowest BCUT2D eigenvalue weighted by Crippen LogP contribution is -2.25. The molecular formula is C25H38N6O2. The Morgan fingerprint density at radius 3 is 2.70 bits per heavy atom. The molecule has 0 radical (unpaired) electrons. The zero-order valence-electron chi connectivity index (χ0n) is 20.6. The second-order valence-electron chi connectivity index (χ2n) is 9.63. The van der Waals surface area contributed by atoms with Crippen LogP contribution in [-0.2, 0) is 10.2 Å². The van der Waals surface area contributed by atoms with E-state index < -0.39 is 0 Å². The predicted molar refractivity (Wildman–Crippen MR) is 132 cm³/mol. The number of hydrogen-bond acceptors (Lipinski definition) is 5. The van der Waals surface area contributed by atoms with Crippen molar-refractivity contribution in [2.24, 2.45) is 0 Å². The molecule has 0 spiro atoms. The lowest BCUT2D eigenvalue weighted by Gasteiger charge is -2.16. The van der Waals surface area contributed by atoms with Crippen molar-refractivity contribution in [3.63, 3.8) is 0 Å². The SMILES string of the molecule is CCCCCCCC(=O)Nc1cccc(OCNC(C)c2nnc3cc(C(C)(C)C)[nH]n23)c1. The molecule has 180 valence electrons. The molecule has 0 saturated carbocycles. The number of nitrogens with one attached hydrogen (secondary N) is 3. The number of carbonyl (C=O) groups is 1. The summed E-state index contributed by atoms with van der Waals surface area (Å²) >= 11 is 0. The van der Waals surface area contributed by atoms with Crippen LogP contribution < -0.4 is 15.4 Å². The van der Waals surface area contributed by atoms with Gasteiger partial charge in [-0.1, -0.05) is 59.4 Å². The lowest BCUT2D eigenvalue weighted by molar-refractivity contribution is -0.116. The number of ether oxygens (including phenoxy) is 1. The van der Waals surface area contributed by atoms with E-state index in [1.54, 1.807) is 0 Å². The van der Waals surface area contributed by atoms with Crippen LogP contribution in [0.25, 0.3) is 5.65 Å². The molecule has 0 aliphatic carbocycles. The second kappa shape index (κ2) is 11.3. The summed E-state index contributed by atoms with van der Waals surface area (Å²) in [6.07, 6.45) is 6.22. The van der Waals surface area contributed by atoms with Gasteiger partial charge in [-0.05, 0) is 25.5 Å². The first-order valence-corrected chi connectivity index (χ1v) is 12.0. The van der Waals surface area contributed by atoms with E-state index in [-0.39, 0.29) is 17.4 Å². The summed E-state index contributed by atoms with van der Waals surface area (Å²) in [5.41, 5.74) is 2.67. The van der Waals surface area contributed by atoms with E-state index in [9.17, 15) is 4.79 Å². The van der Waals surface area contributed by atoms with E-state index in [0.717, 1.165) is 35.7 Å². The Bertz CT molecular complexity index is 1030. The zero-order valence-corrected chi connectivity index (χ0v) is 20.6. The Balaban J connectivity index is 1.48. The molecule has 33 heavy (non-hydrogen) atoms. The molecule has 2 heterocycles. The fraction of sp³-hybridized carbons (Fsp3) is 0.560. The fourth-order valence-electron chi connectivity index (χ4n) is 3.58. The normalized spacial score (nSPS) is 12.8. The van der Waals surface area contributed by atoms with Crippen molar-refractivity contribution in [3.05, 3.63) is 41.9 Å². The summed E-state index contributed by atoms with van der Waals surface area (Å²) in [4.78, 5) is 12.2. The van der Waals surface area contributed by atoms with Gasteiger partial charge in [0.1, 0.15) is 12.5 Å². The van der Waals surface area contributed by atoms with Crippen molar-refractivity contribution in [1.29, 1.82) is 0 Å². The number of nitrogens with zero attached hydrogens (tertiary/aromatic N) is 3. The molecule has 0 aliphatic rings. The average Bonchev–Trinajstić information content (AvgIpc) is 3.35. The molecule has 1 unspecified atom stereocenters.